The van der Waals surface area contributed by atoms with Crippen molar-refractivity contribution in [3.05, 3.63) is 15.5 Å². The molecule has 0 amide bonds. The molecule has 1 unspecified atom stereocenters. The summed E-state index contributed by atoms with van der Waals surface area (Å²) in [6, 6.07) is 0. The molecule has 1 atom stereocenters. The van der Waals surface area contributed by atoms with Gasteiger partial charge in [-0.15, -0.1) is 11.3 Å². The lowest BCUT2D eigenvalue weighted by atomic mass is 10.1. The van der Waals surface area contributed by atoms with Gasteiger partial charge in [-0.25, -0.2) is 4.98 Å². The Bertz CT molecular complexity index is 244. The topological polar surface area (TPSA) is 22.1 Å². The smallest absolute Gasteiger partial charge is 0.183 e. The zero-order chi connectivity index (χ0) is 7.68. The van der Waals surface area contributed by atoms with Crippen LogP contribution in [0.15, 0.2) is 6.20 Å². The highest BCUT2D eigenvalue weighted by atomic mass is 35.5. The number of hydrogen-bond acceptors (Lipinski definition) is 3. The van der Waals surface area contributed by atoms with Gasteiger partial charge in [0.25, 0.3) is 0 Å². The van der Waals surface area contributed by atoms with Crippen LogP contribution in [0.5, 0.6) is 0 Å². The molecule has 2 rings (SSSR count). The molecule has 0 saturated carbocycles. The van der Waals surface area contributed by atoms with Crippen LogP contribution in [0, 0.1) is 0 Å². The minimum atomic E-state index is 0.542. The lowest BCUT2D eigenvalue weighted by Crippen LogP contribution is -1.92. The number of thiazole rings is 1. The van der Waals surface area contributed by atoms with Crippen LogP contribution in [0.25, 0.3) is 0 Å². The van der Waals surface area contributed by atoms with Gasteiger partial charge in [-0.3, -0.25) is 0 Å². The third-order valence-corrected chi connectivity index (χ3v) is 3.10. The van der Waals surface area contributed by atoms with Gasteiger partial charge >= 0.3 is 0 Å². The van der Waals surface area contributed by atoms with Crippen LogP contribution in [0.4, 0.5) is 0 Å². The Balaban J connectivity index is 2.15. The zero-order valence-corrected chi connectivity index (χ0v) is 7.49. The van der Waals surface area contributed by atoms with E-state index in [9.17, 15) is 0 Å². The number of nitrogens with zero attached hydrogens (tertiary/aromatic N) is 1. The van der Waals surface area contributed by atoms with E-state index in [1.807, 2.05) is 6.20 Å². The standard InChI is InChI=1S/C7H8ClNOS/c8-7-9-3-6(11-7)5-1-2-10-4-5/h3,5H,1-2,4H2. The zero-order valence-electron chi connectivity index (χ0n) is 5.92. The molecule has 0 aliphatic carbocycles. The van der Waals surface area contributed by atoms with Crippen molar-refractivity contribution in [1.29, 1.82) is 0 Å². The van der Waals surface area contributed by atoms with Gasteiger partial charge in [0.05, 0.1) is 6.61 Å². The van der Waals surface area contributed by atoms with E-state index in [2.05, 4.69) is 4.98 Å². The van der Waals surface area contributed by atoms with E-state index in [1.54, 1.807) is 11.3 Å². The van der Waals surface area contributed by atoms with Gasteiger partial charge < -0.3 is 4.74 Å². The van der Waals surface area contributed by atoms with Crippen LogP contribution < -0.4 is 0 Å². The molecule has 0 spiro atoms. The van der Waals surface area contributed by atoms with Crippen molar-refractivity contribution in [2.24, 2.45) is 0 Å². The second kappa shape index (κ2) is 3.09. The minimum Gasteiger partial charge on any atom is -0.381 e. The second-order valence-electron chi connectivity index (χ2n) is 2.58. The van der Waals surface area contributed by atoms with Crippen LogP contribution in [-0.2, 0) is 4.74 Å². The molecular weight excluding hydrogens is 182 g/mol. The molecule has 0 bridgehead atoms. The van der Waals surface area contributed by atoms with Crippen molar-refractivity contribution in [3.8, 4) is 0 Å². The van der Waals surface area contributed by atoms with E-state index in [4.69, 9.17) is 16.3 Å². The second-order valence-corrected chi connectivity index (χ2v) is 4.22. The lowest BCUT2D eigenvalue weighted by molar-refractivity contribution is 0.194. The molecule has 11 heavy (non-hydrogen) atoms. The molecule has 1 aliphatic heterocycles. The Hall–Kier alpha value is -0.120. The maximum absolute atomic E-state index is 5.71. The van der Waals surface area contributed by atoms with Gasteiger partial charge in [-0.2, -0.15) is 0 Å². The molecular formula is C7H8ClNOS. The summed E-state index contributed by atoms with van der Waals surface area (Å²) in [4.78, 5) is 5.25. The van der Waals surface area contributed by atoms with Crippen molar-refractivity contribution < 1.29 is 4.74 Å². The van der Waals surface area contributed by atoms with Gasteiger partial charge in [-0.1, -0.05) is 11.6 Å². The van der Waals surface area contributed by atoms with E-state index in [-0.39, 0.29) is 0 Å². The number of ether oxygens (including phenoxy) is 1. The molecule has 2 heterocycles. The Labute approximate surface area is 74.2 Å². The quantitative estimate of drug-likeness (QED) is 0.677. The molecule has 1 aromatic rings. The highest BCUT2D eigenvalue weighted by Gasteiger charge is 2.19. The highest BCUT2D eigenvalue weighted by molar-refractivity contribution is 7.15. The monoisotopic (exact) mass is 189 g/mol. The normalized spacial score (nSPS) is 24.3. The molecule has 1 aliphatic rings. The fraction of sp³-hybridized carbons (Fsp3) is 0.571. The first-order chi connectivity index (χ1) is 5.36. The van der Waals surface area contributed by atoms with E-state index in [0.29, 0.717) is 10.4 Å². The molecule has 0 N–H and O–H groups in total. The predicted octanol–water partition coefficient (Wildman–Crippen LogP) is 2.30. The van der Waals surface area contributed by atoms with Crippen LogP contribution in [0.3, 0.4) is 0 Å². The molecule has 4 heteroatoms. The van der Waals surface area contributed by atoms with Crippen molar-refractivity contribution in [2.75, 3.05) is 13.2 Å². The molecule has 2 nitrogen and oxygen atoms in total. The van der Waals surface area contributed by atoms with Crippen LogP contribution in [0.2, 0.25) is 4.47 Å². The average molecular weight is 190 g/mol. The van der Waals surface area contributed by atoms with Gasteiger partial charge in [0, 0.05) is 23.6 Å². The first-order valence-electron chi connectivity index (χ1n) is 3.55. The van der Waals surface area contributed by atoms with Crippen LogP contribution in [0.1, 0.15) is 17.2 Å². The number of rotatable bonds is 1. The number of hydrogen-bond donors (Lipinski definition) is 0. The van der Waals surface area contributed by atoms with Gasteiger partial charge in [-0.05, 0) is 6.42 Å². The van der Waals surface area contributed by atoms with Crippen molar-refractivity contribution in [3.63, 3.8) is 0 Å². The fourth-order valence-electron chi connectivity index (χ4n) is 1.21. The first-order valence-corrected chi connectivity index (χ1v) is 4.74. The summed E-state index contributed by atoms with van der Waals surface area (Å²) in [6.07, 6.45) is 2.96. The summed E-state index contributed by atoms with van der Waals surface area (Å²) in [7, 11) is 0. The maximum atomic E-state index is 5.71. The summed E-state index contributed by atoms with van der Waals surface area (Å²) in [5, 5.41) is 0. The molecule has 60 valence electrons. The van der Waals surface area contributed by atoms with Crippen LogP contribution >= 0.6 is 22.9 Å². The number of aromatic nitrogens is 1. The van der Waals surface area contributed by atoms with Crippen molar-refractivity contribution >= 4 is 22.9 Å². The molecule has 1 saturated heterocycles. The molecule has 0 aromatic carbocycles. The van der Waals surface area contributed by atoms with Crippen LogP contribution in [-0.4, -0.2) is 18.2 Å². The van der Waals surface area contributed by atoms with Crippen molar-refractivity contribution in [1.82, 2.24) is 4.98 Å². The van der Waals surface area contributed by atoms with E-state index in [1.165, 1.54) is 4.88 Å². The summed E-state index contributed by atoms with van der Waals surface area (Å²) in [5.74, 6) is 0.542. The maximum Gasteiger partial charge on any atom is 0.183 e. The number of halogens is 1. The van der Waals surface area contributed by atoms with E-state index >= 15 is 0 Å². The first kappa shape index (κ1) is 7.53. The van der Waals surface area contributed by atoms with E-state index < -0.39 is 0 Å². The average Bonchev–Trinajstić information content (AvgIpc) is 2.55. The predicted molar refractivity (Wildman–Crippen MR) is 45.3 cm³/mol. The summed E-state index contributed by atoms with van der Waals surface area (Å²) in [6.45, 7) is 1.71. The molecule has 1 aromatic heterocycles. The largest absolute Gasteiger partial charge is 0.381 e. The summed E-state index contributed by atoms with van der Waals surface area (Å²) >= 11 is 7.26. The van der Waals surface area contributed by atoms with Gasteiger partial charge in [0.2, 0.25) is 0 Å². The van der Waals surface area contributed by atoms with Gasteiger partial charge in [0.15, 0.2) is 4.47 Å². The highest BCUT2D eigenvalue weighted by Crippen LogP contribution is 2.30. The van der Waals surface area contributed by atoms with Gasteiger partial charge in [0.1, 0.15) is 0 Å². The molecule has 0 radical (unpaired) electrons. The minimum absolute atomic E-state index is 0.542. The Morgan fingerprint density at radius 2 is 2.64 bits per heavy atom. The third-order valence-electron chi connectivity index (χ3n) is 1.83. The van der Waals surface area contributed by atoms with E-state index in [0.717, 1.165) is 19.6 Å². The molecule has 1 fully saturated rings. The SMILES string of the molecule is Clc1ncc(C2CCOC2)s1. The summed E-state index contributed by atoms with van der Waals surface area (Å²) in [5.41, 5.74) is 0. The Morgan fingerprint density at radius 1 is 1.73 bits per heavy atom. The Kier molecular flexibility index (Phi) is 2.11. The Morgan fingerprint density at radius 3 is 3.18 bits per heavy atom. The summed E-state index contributed by atoms with van der Waals surface area (Å²) < 4.78 is 5.89. The fourth-order valence-corrected chi connectivity index (χ4v) is 2.29. The third kappa shape index (κ3) is 1.55. The van der Waals surface area contributed by atoms with Crippen molar-refractivity contribution in [2.45, 2.75) is 12.3 Å². The lowest BCUT2D eigenvalue weighted by Gasteiger charge is -2.00.